The Labute approximate surface area is 332 Å². The summed E-state index contributed by atoms with van der Waals surface area (Å²) in [6.45, 7) is 2.92. The quantitative estimate of drug-likeness (QED) is 0.0964. The van der Waals surface area contributed by atoms with Crippen molar-refractivity contribution >= 4 is 41.9 Å². The van der Waals surface area contributed by atoms with Crippen molar-refractivity contribution in [2.24, 2.45) is 0 Å². The Morgan fingerprint density at radius 2 is 0.875 bits per heavy atom. The highest BCUT2D eigenvalue weighted by Gasteiger charge is 2.29. The number of hydrogen-bond donors (Lipinski definition) is 0. The van der Waals surface area contributed by atoms with Gasteiger partial charge in [0.25, 0.3) is 20.0 Å². The first kappa shape index (κ1) is 38.6. The van der Waals surface area contributed by atoms with E-state index in [0.29, 0.717) is 36.2 Å². The number of nitrogens with zero attached hydrogens (tertiary/aromatic N) is 4. The molecule has 2 fully saturated rings. The summed E-state index contributed by atoms with van der Waals surface area (Å²) in [5.74, 6) is 0. The molecule has 56 heavy (non-hydrogen) atoms. The van der Waals surface area contributed by atoms with Gasteiger partial charge in [-0.1, -0.05) is 111 Å². The minimum atomic E-state index is -3.84. The largest absolute Gasteiger partial charge is 0.297 e. The molecule has 0 saturated heterocycles. The lowest BCUT2D eigenvalue weighted by atomic mass is 9.88. The third kappa shape index (κ3) is 8.12. The maximum absolute atomic E-state index is 14.0. The summed E-state index contributed by atoms with van der Waals surface area (Å²) >= 11 is 0. The normalized spacial score (nSPS) is 16.4. The Balaban J connectivity index is 1.11. The molecule has 0 aliphatic heterocycles. The van der Waals surface area contributed by atoms with Crippen molar-refractivity contribution in [3.05, 3.63) is 133 Å². The van der Waals surface area contributed by atoms with E-state index in [-0.39, 0.29) is 9.79 Å². The molecule has 10 heteroatoms. The number of fused-ring (bicyclic) bond motifs is 2. The van der Waals surface area contributed by atoms with Crippen LogP contribution in [-0.2, 0) is 33.1 Å². The van der Waals surface area contributed by atoms with Gasteiger partial charge in [-0.2, -0.15) is 0 Å². The average molecular weight is 791 g/mol. The first-order chi connectivity index (χ1) is 27.3. The Kier molecular flexibility index (Phi) is 11.8. The van der Waals surface area contributed by atoms with Crippen molar-refractivity contribution in [3.8, 4) is 0 Å². The lowest BCUT2D eigenvalue weighted by Gasteiger charge is -2.42. The fourth-order valence-corrected chi connectivity index (χ4v) is 12.1. The van der Waals surface area contributed by atoms with E-state index in [0.717, 1.165) is 47.8 Å². The Bertz CT molecular complexity index is 2280. The van der Waals surface area contributed by atoms with Crippen LogP contribution in [-0.4, -0.2) is 59.8 Å². The predicted molar refractivity (Wildman–Crippen MR) is 226 cm³/mol. The zero-order chi connectivity index (χ0) is 38.5. The van der Waals surface area contributed by atoms with Gasteiger partial charge in [0.1, 0.15) is 0 Å². The Morgan fingerprint density at radius 3 is 1.32 bits per heavy atom. The van der Waals surface area contributed by atoms with Crippen LogP contribution in [0.3, 0.4) is 0 Å². The molecule has 2 aliphatic carbocycles. The molecule has 0 bridgehead atoms. The third-order valence-electron chi connectivity index (χ3n) is 12.1. The summed E-state index contributed by atoms with van der Waals surface area (Å²) in [5.41, 5.74) is 3.14. The number of benzene rings is 4. The van der Waals surface area contributed by atoms with Gasteiger partial charge >= 0.3 is 0 Å². The van der Waals surface area contributed by atoms with E-state index in [1.165, 1.54) is 72.2 Å². The first-order valence-corrected chi connectivity index (χ1v) is 23.5. The number of para-hydroxylation sites is 2. The molecule has 0 atom stereocenters. The minimum absolute atomic E-state index is 0.247. The van der Waals surface area contributed by atoms with E-state index < -0.39 is 20.0 Å². The zero-order valence-corrected chi connectivity index (χ0v) is 33.9. The summed E-state index contributed by atoms with van der Waals surface area (Å²) < 4.78 is 58.9. The van der Waals surface area contributed by atoms with Gasteiger partial charge in [0.2, 0.25) is 0 Å². The number of hydrogen-bond acceptors (Lipinski definition) is 6. The molecule has 0 radical (unpaired) electrons. The molecule has 2 heterocycles. The molecule has 294 valence electrons. The molecule has 0 amide bonds. The lowest BCUT2D eigenvalue weighted by Crippen LogP contribution is -2.45. The molecular weight excluding hydrogens is 737 g/mol. The van der Waals surface area contributed by atoms with Gasteiger partial charge in [-0.05, 0) is 99.1 Å². The first-order valence-electron chi connectivity index (χ1n) is 20.6. The second kappa shape index (κ2) is 17.1. The Morgan fingerprint density at radius 1 is 0.482 bits per heavy atom. The monoisotopic (exact) mass is 790 g/mol. The SMILES string of the molecule is O=S(=O)(c1ccccc1)n1cc(CN(CCCCN(C2CCCCC2)C2CCCCC2)Cc2cn(S(=O)(=O)c3ccccc3)c3ccccc23)c2ccccc21. The van der Waals surface area contributed by atoms with E-state index in [2.05, 4.69) is 9.80 Å². The van der Waals surface area contributed by atoms with Gasteiger partial charge in [0.05, 0.1) is 20.8 Å². The average Bonchev–Trinajstić information content (AvgIpc) is 3.81. The van der Waals surface area contributed by atoms with Gasteiger partial charge in [-0.15, -0.1) is 0 Å². The number of aromatic nitrogens is 2. The molecule has 6 aromatic rings. The van der Waals surface area contributed by atoms with Crippen molar-refractivity contribution in [3.63, 3.8) is 0 Å². The molecule has 0 spiro atoms. The van der Waals surface area contributed by atoms with Crippen LogP contribution in [0, 0.1) is 0 Å². The fourth-order valence-electron chi connectivity index (χ4n) is 9.31. The molecule has 0 unspecified atom stereocenters. The molecule has 2 aromatic heterocycles. The van der Waals surface area contributed by atoms with E-state index in [1.807, 2.05) is 60.7 Å². The van der Waals surface area contributed by atoms with E-state index >= 15 is 0 Å². The van der Waals surface area contributed by atoms with Crippen LogP contribution in [0.1, 0.15) is 88.2 Å². The molecule has 8 nitrogen and oxygen atoms in total. The highest BCUT2D eigenvalue weighted by Crippen LogP contribution is 2.33. The van der Waals surface area contributed by atoms with Crippen molar-refractivity contribution in [1.29, 1.82) is 0 Å². The van der Waals surface area contributed by atoms with Crippen molar-refractivity contribution < 1.29 is 16.8 Å². The minimum Gasteiger partial charge on any atom is -0.297 e. The van der Waals surface area contributed by atoms with Crippen molar-refractivity contribution in [1.82, 2.24) is 17.7 Å². The molecule has 0 N–H and O–H groups in total. The highest BCUT2D eigenvalue weighted by atomic mass is 32.2. The molecular formula is C46H54N4O4S2. The third-order valence-corrected chi connectivity index (χ3v) is 15.5. The van der Waals surface area contributed by atoms with Crippen LogP contribution in [0.5, 0.6) is 0 Å². The molecule has 8 rings (SSSR count). The second-order valence-electron chi connectivity index (χ2n) is 15.8. The molecule has 2 aliphatic rings. The number of unbranched alkanes of at least 4 members (excludes halogenated alkanes) is 1. The van der Waals surface area contributed by atoms with Crippen molar-refractivity contribution in [2.45, 2.75) is 112 Å². The van der Waals surface area contributed by atoms with Crippen LogP contribution in [0.4, 0.5) is 0 Å². The van der Waals surface area contributed by atoms with Crippen LogP contribution < -0.4 is 0 Å². The summed E-state index contributed by atoms with van der Waals surface area (Å²) in [7, 11) is -7.67. The number of rotatable bonds is 15. The summed E-state index contributed by atoms with van der Waals surface area (Å²) in [4.78, 5) is 5.76. The molecule has 2 saturated carbocycles. The van der Waals surface area contributed by atoms with Gasteiger partial charge in [0.15, 0.2) is 0 Å². The lowest BCUT2D eigenvalue weighted by molar-refractivity contribution is 0.0777. The summed E-state index contributed by atoms with van der Waals surface area (Å²) in [5, 5.41) is 1.79. The second-order valence-corrected chi connectivity index (χ2v) is 19.4. The highest BCUT2D eigenvalue weighted by molar-refractivity contribution is 7.90. The molecule has 4 aromatic carbocycles. The van der Waals surface area contributed by atoms with Crippen molar-refractivity contribution in [2.75, 3.05) is 13.1 Å². The topological polar surface area (TPSA) is 84.6 Å². The fraction of sp³-hybridized carbons (Fsp3) is 0.391. The smallest absolute Gasteiger partial charge is 0.268 e. The van der Waals surface area contributed by atoms with Gasteiger partial charge in [-0.25, -0.2) is 24.8 Å². The maximum atomic E-state index is 14.0. The Hall–Kier alpha value is -4.22. The zero-order valence-electron chi connectivity index (χ0n) is 32.3. The van der Waals surface area contributed by atoms with E-state index in [9.17, 15) is 16.8 Å². The van der Waals surface area contributed by atoms with Gasteiger partial charge < -0.3 is 0 Å². The van der Waals surface area contributed by atoms with Crippen LogP contribution >= 0.6 is 0 Å². The van der Waals surface area contributed by atoms with E-state index in [1.54, 1.807) is 60.9 Å². The van der Waals surface area contributed by atoms with E-state index in [4.69, 9.17) is 0 Å². The van der Waals surface area contributed by atoms with Crippen LogP contribution in [0.2, 0.25) is 0 Å². The summed E-state index contributed by atoms with van der Waals surface area (Å²) in [6.07, 6.45) is 19.0. The standard InChI is InChI=1S/C46H54N4O4S2/c51-55(52,41-23-9-3-10-24-41)49-35-37(43-27-13-15-29-45(43)49)33-47(31-17-18-32-48(39-19-5-1-6-20-39)40-21-7-2-8-22-40)34-38-36-50(46-30-16-14-28-44(38)46)56(53,54)42-25-11-4-12-26-42/h3-4,9-16,23-30,35-36,39-40H,1-2,5-8,17-22,31-34H2. The van der Waals surface area contributed by atoms with Gasteiger partial charge in [0, 0.05) is 48.3 Å². The predicted octanol–water partition coefficient (Wildman–Crippen LogP) is 9.82. The van der Waals surface area contributed by atoms with Gasteiger partial charge in [-0.3, -0.25) is 9.80 Å². The summed E-state index contributed by atoms with van der Waals surface area (Å²) in [6, 6.07) is 34.0. The van der Waals surface area contributed by atoms with Crippen LogP contribution in [0.15, 0.2) is 131 Å². The maximum Gasteiger partial charge on any atom is 0.268 e. The van der Waals surface area contributed by atoms with Crippen LogP contribution in [0.25, 0.3) is 21.8 Å².